The molecule has 0 saturated heterocycles. The van der Waals surface area contributed by atoms with Gasteiger partial charge < -0.3 is 14.5 Å². The highest BCUT2D eigenvalue weighted by Crippen LogP contribution is 2.40. The Morgan fingerprint density at radius 1 is 1.32 bits per heavy atom. The van der Waals surface area contributed by atoms with E-state index in [1.165, 1.54) is 12.1 Å². The molecule has 3 rings (SSSR count). The Labute approximate surface area is 179 Å². The van der Waals surface area contributed by atoms with Gasteiger partial charge in [-0.2, -0.15) is 0 Å². The molecule has 168 valence electrons. The second-order valence-electron chi connectivity index (χ2n) is 6.90. The number of alkyl halides is 3. The predicted octanol–water partition coefficient (Wildman–Crippen LogP) is 4.29. The fraction of sp³-hybridized carbons (Fsp3) is 0.421. The maximum atomic E-state index is 13.3. The lowest BCUT2D eigenvalue weighted by Gasteiger charge is -2.32. The molecule has 7 nitrogen and oxygen atoms in total. The molecule has 0 atom stereocenters. The number of carbonyl (C=O) groups is 1. The molecule has 1 heterocycles. The van der Waals surface area contributed by atoms with E-state index in [1.54, 1.807) is 0 Å². The van der Waals surface area contributed by atoms with Gasteiger partial charge in [-0.25, -0.2) is 4.39 Å². The Kier molecular flexibility index (Phi) is 7.16. The van der Waals surface area contributed by atoms with Gasteiger partial charge in [-0.15, -0.1) is 23.4 Å². The Bertz CT molecular complexity index is 944. The van der Waals surface area contributed by atoms with Crippen LogP contribution in [0.5, 0.6) is 5.75 Å². The standard InChI is InChI=1S/C19H18ClF4N3O4/c1-10(25-16(28)9-29-12-3-4-14(20)15(21)8-12)2-5-17-26-27-18(30-17)11-6-13(7-11)31-19(22,23)24/h3-4,8,11,13H,1-2,5-7,9H2,(H,25,28)/t11-,13+. The minimum Gasteiger partial charge on any atom is -0.484 e. The van der Waals surface area contributed by atoms with E-state index >= 15 is 0 Å². The summed E-state index contributed by atoms with van der Waals surface area (Å²) in [5, 5.41) is 10.2. The van der Waals surface area contributed by atoms with E-state index in [0.717, 1.165) is 6.07 Å². The van der Waals surface area contributed by atoms with E-state index in [-0.39, 0.29) is 54.3 Å². The average Bonchev–Trinajstić information content (AvgIpc) is 3.11. The highest BCUT2D eigenvalue weighted by molar-refractivity contribution is 6.30. The number of nitrogens with zero attached hydrogens (tertiary/aromatic N) is 2. The van der Waals surface area contributed by atoms with Crippen LogP contribution in [0.15, 0.2) is 34.9 Å². The van der Waals surface area contributed by atoms with E-state index in [4.69, 9.17) is 20.8 Å². The number of hydrogen-bond donors (Lipinski definition) is 1. The smallest absolute Gasteiger partial charge is 0.484 e. The molecule has 1 aromatic heterocycles. The normalized spacial score (nSPS) is 18.4. The fourth-order valence-electron chi connectivity index (χ4n) is 2.85. The number of rotatable bonds is 9. The van der Waals surface area contributed by atoms with Crippen LogP contribution in [0, 0.1) is 5.82 Å². The molecule has 12 heteroatoms. The maximum Gasteiger partial charge on any atom is 0.522 e. The van der Waals surface area contributed by atoms with Crippen LogP contribution >= 0.6 is 11.6 Å². The molecule has 0 bridgehead atoms. The first kappa shape index (κ1) is 23.0. The molecule has 0 spiro atoms. The summed E-state index contributed by atoms with van der Waals surface area (Å²) in [6, 6.07) is 3.81. The van der Waals surface area contributed by atoms with Gasteiger partial charge in [-0.05, 0) is 31.4 Å². The Morgan fingerprint density at radius 3 is 2.74 bits per heavy atom. The minimum absolute atomic E-state index is 0.0545. The van der Waals surface area contributed by atoms with Gasteiger partial charge >= 0.3 is 6.36 Å². The van der Waals surface area contributed by atoms with Crippen LogP contribution in [0.2, 0.25) is 5.02 Å². The van der Waals surface area contributed by atoms with Crippen LogP contribution in [-0.2, 0) is 16.0 Å². The van der Waals surface area contributed by atoms with E-state index in [9.17, 15) is 22.4 Å². The lowest BCUT2D eigenvalue weighted by Crippen LogP contribution is -2.34. The first-order valence-corrected chi connectivity index (χ1v) is 9.59. The fourth-order valence-corrected chi connectivity index (χ4v) is 2.97. The van der Waals surface area contributed by atoms with Gasteiger partial charge in [0.2, 0.25) is 11.8 Å². The van der Waals surface area contributed by atoms with Crippen molar-refractivity contribution < 1.29 is 36.2 Å². The molecule has 1 aromatic carbocycles. The quantitative estimate of drug-likeness (QED) is 0.558. The number of carbonyl (C=O) groups excluding carboxylic acids is 1. The summed E-state index contributed by atoms with van der Waals surface area (Å²) in [6.07, 6.45) is -4.67. The van der Waals surface area contributed by atoms with Crippen molar-refractivity contribution in [3.63, 3.8) is 0 Å². The number of aryl methyl sites for hydroxylation is 1. The van der Waals surface area contributed by atoms with Crippen molar-refractivity contribution in [2.45, 2.75) is 44.1 Å². The molecular weight excluding hydrogens is 446 g/mol. The van der Waals surface area contributed by atoms with Gasteiger partial charge in [0.25, 0.3) is 5.91 Å². The Hall–Kier alpha value is -2.66. The van der Waals surface area contributed by atoms with E-state index in [2.05, 4.69) is 26.8 Å². The second-order valence-corrected chi connectivity index (χ2v) is 7.31. The van der Waals surface area contributed by atoms with Crippen molar-refractivity contribution in [2.24, 2.45) is 0 Å². The first-order valence-electron chi connectivity index (χ1n) is 9.21. The van der Waals surface area contributed by atoms with Crippen LogP contribution in [0.4, 0.5) is 17.6 Å². The molecule has 31 heavy (non-hydrogen) atoms. The maximum absolute atomic E-state index is 13.3. The van der Waals surface area contributed by atoms with Gasteiger partial charge in [0, 0.05) is 24.1 Å². The molecule has 1 aliphatic carbocycles. The molecule has 0 radical (unpaired) electrons. The molecule has 1 saturated carbocycles. The van der Waals surface area contributed by atoms with Crippen molar-refractivity contribution in [1.82, 2.24) is 15.5 Å². The zero-order valence-corrected chi connectivity index (χ0v) is 16.8. The molecule has 1 fully saturated rings. The van der Waals surface area contributed by atoms with Crippen LogP contribution in [0.3, 0.4) is 0 Å². The number of benzene rings is 1. The number of nitrogens with one attached hydrogen (secondary N) is 1. The van der Waals surface area contributed by atoms with Crippen LogP contribution in [0.1, 0.15) is 37.0 Å². The monoisotopic (exact) mass is 463 g/mol. The second kappa shape index (κ2) is 9.65. The van der Waals surface area contributed by atoms with Gasteiger partial charge in [-0.1, -0.05) is 18.2 Å². The van der Waals surface area contributed by atoms with E-state index in [0.29, 0.717) is 12.1 Å². The van der Waals surface area contributed by atoms with E-state index < -0.39 is 24.2 Å². The summed E-state index contributed by atoms with van der Waals surface area (Å²) in [4.78, 5) is 11.9. The number of hydrogen-bond acceptors (Lipinski definition) is 6. The first-order chi connectivity index (χ1) is 14.6. The summed E-state index contributed by atoms with van der Waals surface area (Å²) >= 11 is 5.57. The predicted molar refractivity (Wildman–Crippen MR) is 99.7 cm³/mol. The summed E-state index contributed by atoms with van der Waals surface area (Å²) in [5.74, 6) is -0.731. The van der Waals surface area contributed by atoms with Crippen molar-refractivity contribution in [3.05, 3.63) is 53.1 Å². The summed E-state index contributed by atoms with van der Waals surface area (Å²) in [6.45, 7) is 3.37. The van der Waals surface area contributed by atoms with Gasteiger partial charge in [-0.3, -0.25) is 9.53 Å². The third-order valence-corrected chi connectivity index (χ3v) is 4.75. The summed E-state index contributed by atoms with van der Waals surface area (Å²) < 4.78 is 64.4. The largest absolute Gasteiger partial charge is 0.522 e. The summed E-state index contributed by atoms with van der Waals surface area (Å²) in [7, 11) is 0. The highest BCUT2D eigenvalue weighted by atomic mass is 35.5. The van der Waals surface area contributed by atoms with Crippen molar-refractivity contribution in [2.75, 3.05) is 6.61 Å². The molecule has 1 amide bonds. The number of allylic oxidation sites excluding steroid dienone is 1. The Morgan fingerprint density at radius 2 is 2.06 bits per heavy atom. The topological polar surface area (TPSA) is 86.5 Å². The Balaban J connectivity index is 1.36. The number of ether oxygens (including phenoxy) is 2. The molecular formula is C19H18ClF4N3O4. The van der Waals surface area contributed by atoms with Crippen molar-refractivity contribution in [3.8, 4) is 5.75 Å². The molecule has 1 N–H and O–H groups in total. The molecule has 2 aromatic rings. The lowest BCUT2D eigenvalue weighted by molar-refractivity contribution is -0.352. The lowest BCUT2D eigenvalue weighted by atomic mass is 9.82. The van der Waals surface area contributed by atoms with Crippen LogP contribution in [-0.4, -0.2) is 35.2 Å². The highest BCUT2D eigenvalue weighted by Gasteiger charge is 2.42. The van der Waals surface area contributed by atoms with Crippen molar-refractivity contribution in [1.29, 1.82) is 0 Å². The zero-order chi connectivity index (χ0) is 22.6. The van der Waals surface area contributed by atoms with Crippen LogP contribution in [0.25, 0.3) is 0 Å². The summed E-state index contributed by atoms with van der Waals surface area (Å²) in [5.41, 5.74) is 0.373. The van der Waals surface area contributed by atoms with Gasteiger partial charge in [0.15, 0.2) is 6.61 Å². The van der Waals surface area contributed by atoms with Gasteiger partial charge in [0.1, 0.15) is 11.6 Å². The SMILES string of the molecule is C=C(CCc1nnc([C@H]2C[C@@H](OC(F)(F)F)C2)o1)NC(=O)COc1ccc(Cl)c(F)c1. The number of amides is 1. The minimum atomic E-state index is -4.66. The van der Waals surface area contributed by atoms with E-state index in [1.807, 2.05) is 0 Å². The zero-order valence-electron chi connectivity index (χ0n) is 16.0. The molecule has 1 aliphatic rings. The van der Waals surface area contributed by atoms with Gasteiger partial charge in [0.05, 0.1) is 11.1 Å². The number of aromatic nitrogens is 2. The molecule has 0 unspecified atom stereocenters. The van der Waals surface area contributed by atoms with Crippen molar-refractivity contribution >= 4 is 17.5 Å². The third-order valence-electron chi connectivity index (χ3n) is 4.44. The number of halogens is 5. The van der Waals surface area contributed by atoms with Crippen LogP contribution < -0.4 is 10.1 Å². The average molecular weight is 464 g/mol. The molecule has 0 aliphatic heterocycles. The third kappa shape index (κ3) is 6.93.